The zero-order chi connectivity index (χ0) is 19.4. The second-order valence-electron chi connectivity index (χ2n) is 8.11. The van der Waals surface area contributed by atoms with Crippen molar-refractivity contribution >= 4 is 11.9 Å². The van der Waals surface area contributed by atoms with Crippen LogP contribution in [0.4, 0.5) is 5.69 Å². The summed E-state index contributed by atoms with van der Waals surface area (Å²) in [4.78, 5) is 4.50. The van der Waals surface area contributed by atoms with Crippen molar-refractivity contribution in [2.24, 2.45) is 11.0 Å². The smallest absolute Gasteiger partial charge is 0.0877 e. The quantitative estimate of drug-likeness (QED) is 0.848. The first kappa shape index (κ1) is 17.4. The SMILES string of the molecule is C=C1Nc2cc(-c3c(C)cnc(C)c3C)ccc2C2C1C=NN2[C@H]1CCOC1. The minimum atomic E-state index is 0.200. The Labute approximate surface area is 166 Å². The molecule has 3 aliphatic heterocycles. The van der Waals surface area contributed by atoms with Gasteiger partial charge in [-0.2, -0.15) is 5.10 Å². The van der Waals surface area contributed by atoms with Gasteiger partial charge in [0.15, 0.2) is 0 Å². The number of benzene rings is 1. The fourth-order valence-corrected chi connectivity index (χ4v) is 4.75. The summed E-state index contributed by atoms with van der Waals surface area (Å²) < 4.78 is 5.62. The van der Waals surface area contributed by atoms with Crippen molar-refractivity contribution in [2.75, 3.05) is 18.5 Å². The highest BCUT2D eigenvalue weighted by Gasteiger charge is 2.42. The highest BCUT2D eigenvalue weighted by atomic mass is 16.5. The minimum Gasteiger partial charge on any atom is -0.379 e. The van der Waals surface area contributed by atoms with E-state index in [0.717, 1.165) is 36.7 Å². The topological polar surface area (TPSA) is 49.8 Å². The van der Waals surface area contributed by atoms with Gasteiger partial charge < -0.3 is 10.1 Å². The molecule has 5 heteroatoms. The van der Waals surface area contributed by atoms with E-state index in [2.05, 4.69) is 60.9 Å². The summed E-state index contributed by atoms with van der Waals surface area (Å²) in [5.41, 5.74) is 9.43. The Hall–Kier alpha value is -2.66. The largest absolute Gasteiger partial charge is 0.379 e. The molecule has 0 spiro atoms. The number of fused-ring (bicyclic) bond motifs is 3. The monoisotopic (exact) mass is 374 g/mol. The third-order valence-corrected chi connectivity index (χ3v) is 6.39. The number of rotatable bonds is 2. The first-order chi connectivity index (χ1) is 13.5. The maximum absolute atomic E-state index is 5.62. The number of pyridine rings is 1. The van der Waals surface area contributed by atoms with Gasteiger partial charge in [0.2, 0.25) is 0 Å². The van der Waals surface area contributed by atoms with Crippen molar-refractivity contribution in [1.29, 1.82) is 0 Å². The summed E-state index contributed by atoms with van der Waals surface area (Å²) in [6.07, 6.45) is 5.03. The van der Waals surface area contributed by atoms with Crippen LogP contribution >= 0.6 is 0 Å². The number of nitrogens with zero attached hydrogens (tertiary/aromatic N) is 3. The summed E-state index contributed by atoms with van der Waals surface area (Å²) in [6.45, 7) is 12.2. The molecule has 4 heterocycles. The normalized spacial score (nSPS) is 25.6. The van der Waals surface area contributed by atoms with Crippen LogP contribution in [0.5, 0.6) is 0 Å². The number of aryl methyl sites for hydroxylation is 2. The third kappa shape index (κ3) is 2.57. The summed E-state index contributed by atoms with van der Waals surface area (Å²) >= 11 is 0. The van der Waals surface area contributed by atoms with Crippen molar-refractivity contribution in [1.82, 2.24) is 9.99 Å². The van der Waals surface area contributed by atoms with Crippen molar-refractivity contribution in [2.45, 2.75) is 39.3 Å². The lowest BCUT2D eigenvalue weighted by atomic mass is 9.85. The fraction of sp³-hybridized carbons (Fsp3) is 0.391. The fourth-order valence-electron chi connectivity index (χ4n) is 4.75. The summed E-state index contributed by atoms with van der Waals surface area (Å²) in [5, 5.41) is 10.5. The maximum atomic E-state index is 5.62. The van der Waals surface area contributed by atoms with Crippen molar-refractivity contribution in [3.8, 4) is 11.1 Å². The molecule has 1 aromatic heterocycles. The Morgan fingerprint density at radius 2 is 2.11 bits per heavy atom. The van der Waals surface area contributed by atoms with Crippen LogP contribution < -0.4 is 5.32 Å². The van der Waals surface area contributed by atoms with Gasteiger partial charge in [0.05, 0.1) is 24.6 Å². The zero-order valence-corrected chi connectivity index (χ0v) is 16.7. The molecule has 1 N–H and O–H groups in total. The lowest BCUT2D eigenvalue weighted by Gasteiger charge is -2.37. The molecule has 3 aliphatic rings. The molecule has 5 nitrogen and oxygen atoms in total. The van der Waals surface area contributed by atoms with E-state index in [9.17, 15) is 0 Å². The number of hydrogen-bond acceptors (Lipinski definition) is 5. The van der Waals surface area contributed by atoms with E-state index in [0.29, 0.717) is 6.04 Å². The Morgan fingerprint density at radius 3 is 2.89 bits per heavy atom. The molecule has 0 radical (unpaired) electrons. The number of hydrazone groups is 1. The standard InChI is InChI=1S/C23H26N4O/c1-13-10-24-15(3)14(2)22(13)17-5-6-19-21(9-17)26-16(4)20-11-25-27(23(19)20)18-7-8-28-12-18/h5-6,9-11,18,20,23,26H,4,7-8,12H2,1-3H3/t18-,20?,23?/m0/s1. The van der Waals surface area contributed by atoms with Gasteiger partial charge in [0, 0.05) is 41.7 Å². The lowest BCUT2D eigenvalue weighted by molar-refractivity contribution is 0.115. The van der Waals surface area contributed by atoms with Crippen molar-refractivity contribution in [3.05, 3.63) is 59.1 Å². The van der Waals surface area contributed by atoms with Gasteiger partial charge in [-0.05, 0) is 55.5 Å². The van der Waals surface area contributed by atoms with Crippen LogP contribution in [0.2, 0.25) is 0 Å². The molecule has 144 valence electrons. The van der Waals surface area contributed by atoms with Gasteiger partial charge in [-0.25, -0.2) is 0 Å². The van der Waals surface area contributed by atoms with Crippen LogP contribution in [0.15, 0.2) is 41.8 Å². The lowest BCUT2D eigenvalue weighted by Crippen LogP contribution is -2.37. The van der Waals surface area contributed by atoms with Gasteiger partial charge in [-0.1, -0.05) is 18.7 Å². The van der Waals surface area contributed by atoms with E-state index in [1.54, 1.807) is 0 Å². The van der Waals surface area contributed by atoms with Gasteiger partial charge in [-0.15, -0.1) is 0 Å². The molecular weight excluding hydrogens is 348 g/mol. The zero-order valence-electron chi connectivity index (χ0n) is 16.7. The summed E-state index contributed by atoms with van der Waals surface area (Å²) in [5.74, 6) is 0.200. The van der Waals surface area contributed by atoms with E-state index in [1.807, 2.05) is 12.4 Å². The molecule has 3 atom stereocenters. The Kier molecular flexibility index (Phi) is 4.02. The molecule has 28 heavy (non-hydrogen) atoms. The molecule has 0 aliphatic carbocycles. The Morgan fingerprint density at radius 1 is 1.25 bits per heavy atom. The minimum absolute atomic E-state index is 0.200. The van der Waals surface area contributed by atoms with E-state index in [-0.39, 0.29) is 12.0 Å². The molecule has 1 fully saturated rings. The number of hydrogen-bond donors (Lipinski definition) is 1. The first-order valence-corrected chi connectivity index (χ1v) is 9.97. The number of ether oxygens (including phenoxy) is 1. The van der Waals surface area contributed by atoms with Crippen LogP contribution in [0, 0.1) is 26.7 Å². The van der Waals surface area contributed by atoms with Gasteiger partial charge in [-0.3, -0.25) is 9.99 Å². The van der Waals surface area contributed by atoms with Crippen LogP contribution in [0.25, 0.3) is 11.1 Å². The maximum Gasteiger partial charge on any atom is 0.0877 e. The second kappa shape index (κ2) is 6.45. The Bertz CT molecular complexity index is 990. The predicted molar refractivity (Wildman–Crippen MR) is 112 cm³/mol. The highest BCUT2D eigenvalue weighted by molar-refractivity contribution is 5.80. The average Bonchev–Trinajstić information content (AvgIpc) is 3.35. The van der Waals surface area contributed by atoms with Gasteiger partial charge >= 0.3 is 0 Å². The first-order valence-electron chi connectivity index (χ1n) is 9.97. The number of aromatic nitrogens is 1. The van der Waals surface area contributed by atoms with Crippen LogP contribution in [0.3, 0.4) is 0 Å². The van der Waals surface area contributed by atoms with Gasteiger partial charge in [0.1, 0.15) is 0 Å². The van der Waals surface area contributed by atoms with E-state index >= 15 is 0 Å². The van der Waals surface area contributed by atoms with Crippen molar-refractivity contribution < 1.29 is 4.74 Å². The van der Waals surface area contributed by atoms with E-state index in [1.165, 1.54) is 27.8 Å². The van der Waals surface area contributed by atoms with Crippen molar-refractivity contribution in [3.63, 3.8) is 0 Å². The van der Waals surface area contributed by atoms with Crippen LogP contribution in [-0.4, -0.2) is 35.5 Å². The average molecular weight is 374 g/mol. The molecule has 0 saturated carbocycles. The molecule has 2 aromatic rings. The van der Waals surface area contributed by atoms with E-state index < -0.39 is 0 Å². The molecular formula is C23H26N4O. The van der Waals surface area contributed by atoms with Crippen LogP contribution in [0.1, 0.15) is 34.8 Å². The molecule has 1 aromatic carbocycles. The molecule has 0 bridgehead atoms. The predicted octanol–water partition coefficient (Wildman–Crippen LogP) is 4.36. The summed E-state index contributed by atoms with van der Waals surface area (Å²) in [6, 6.07) is 7.30. The van der Waals surface area contributed by atoms with E-state index in [4.69, 9.17) is 9.84 Å². The molecule has 5 rings (SSSR count). The molecule has 2 unspecified atom stereocenters. The van der Waals surface area contributed by atoms with Gasteiger partial charge in [0.25, 0.3) is 0 Å². The highest BCUT2D eigenvalue weighted by Crippen LogP contribution is 2.47. The molecule has 1 saturated heterocycles. The number of nitrogens with one attached hydrogen (secondary N) is 1. The Balaban J connectivity index is 1.58. The molecule has 0 amide bonds. The number of anilines is 1. The summed E-state index contributed by atoms with van der Waals surface area (Å²) in [7, 11) is 0. The van der Waals surface area contributed by atoms with Crippen LogP contribution in [-0.2, 0) is 4.74 Å². The second-order valence-corrected chi connectivity index (χ2v) is 8.11. The third-order valence-electron chi connectivity index (χ3n) is 6.39.